The molecule has 0 aromatic heterocycles. The van der Waals surface area contributed by atoms with Crippen molar-refractivity contribution in [3.63, 3.8) is 0 Å². The van der Waals surface area contributed by atoms with Crippen LogP contribution in [-0.2, 0) is 9.53 Å². The lowest BCUT2D eigenvalue weighted by molar-refractivity contribution is -0.129. The summed E-state index contributed by atoms with van der Waals surface area (Å²) in [6.45, 7) is 4.85. The molecule has 1 N–H and O–H groups in total. The van der Waals surface area contributed by atoms with E-state index in [1.54, 1.807) is 19.1 Å². The van der Waals surface area contributed by atoms with Gasteiger partial charge in [-0.3, -0.25) is 9.59 Å². The van der Waals surface area contributed by atoms with Crippen LogP contribution in [0.15, 0.2) is 47.4 Å². The number of benzene rings is 2. The summed E-state index contributed by atoms with van der Waals surface area (Å²) in [4.78, 5) is 23.5. The zero-order chi connectivity index (χ0) is 19.6. The molecule has 27 heavy (non-hydrogen) atoms. The number of para-hydroxylation sites is 1. The van der Waals surface area contributed by atoms with E-state index in [0.717, 1.165) is 31.1 Å². The second kappa shape index (κ2) is 10.9. The summed E-state index contributed by atoms with van der Waals surface area (Å²) in [7, 11) is 0. The number of hydrogen-bond donors (Lipinski definition) is 2. The molecule has 0 heterocycles. The molecule has 2 rings (SSSR count). The van der Waals surface area contributed by atoms with Gasteiger partial charge in [0.15, 0.2) is 11.2 Å². The predicted molar refractivity (Wildman–Crippen MR) is 112 cm³/mol. The quantitative estimate of drug-likeness (QED) is 0.240. The van der Waals surface area contributed by atoms with E-state index in [0.29, 0.717) is 34.1 Å². The van der Waals surface area contributed by atoms with Gasteiger partial charge in [0.1, 0.15) is 5.75 Å². The molecule has 0 fully saturated rings. The fraction of sp³-hybridized carbons (Fsp3) is 0.300. The highest BCUT2D eigenvalue weighted by atomic mass is 32.2. The highest BCUT2D eigenvalue weighted by Gasteiger charge is 2.18. The molecule has 2 aromatic carbocycles. The van der Waals surface area contributed by atoms with Crippen molar-refractivity contribution < 1.29 is 19.1 Å². The second-order valence-corrected chi connectivity index (χ2v) is 7.52. The number of carbonyl (C=O) groups is 2. The standard InChI is InChI=1S/C20H23NO4S2/c1-3-4-10-21-17-11-15(20(23)27-14(2)24-13-22)12-18(26)19(17)25-16-8-6-5-7-9-16/h5-9,11-14,21,26H,3-4,10H2,1-2H3. The van der Waals surface area contributed by atoms with Crippen LogP contribution < -0.4 is 10.1 Å². The Hall–Kier alpha value is -2.12. The molecule has 2 aromatic rings. The number of hydrogen-bond acceptors (Lipinski definition) is 7. The zero-order valence-electron chi connectivity index (χ0n) is 15.3. The maximum atomic E-state index is 12.5. The van der Waals surface area contributed by atoms with E-state index in [2.05, 4.69) is 24.9 Å². The van der Waals surface area contributed by atoms with E-state index in [1.165, 1.54) is 0 Å². The lowest BCUT2D eigenvalue weighted by Crippen LogP contribution is -2.08. The molecule has 0 saturated carbocycles. The molecule has 0 spiro atoms. The Balaban J connectivity index is 2.29. The molecule has 0 radical (unpaired) electrons. The van der Waals surface area contributed by atoms with Crippen LogP contribution in [0.5, 0.6) is 11.5 Å². The fourth-order valence-electron chi connectivity index (χ4n) is 2.30. The minimum atomic E-state index is -0.560. The molecule has 0 amide bonds. The van der Waals surface area contributed by atoms with Crippen LogP contribution >= 0.6 is 24.4 Å². The number of ether oxygens (including phenoxy) is 2. The maximum absolute atomic E-state index is 12.5. The largest absolute Gasteiger partial charge is 0.454 e. The lowest BCUT2D eigenvalue weighted by Gasteiger charge is -2.17. The molecule has 1 unspecified atom stereocenters. The summed E-state index contributed by atoms with van der Waals surface area (Å²) in [5.74, 6) is 1.26. The van der Waals surface area contributed by atoms with Crippen molar-refractivity contribution in [3.8, 4) is 11.5 Å². The SMILES string of the molecule is CCCCNc1cc(C(=O)SC(C)OC=O)cc(S)c1Oc1ccccc1. The third kappa shape index (κ3) is 6.52. The smallest absolute Gasteiger partial charge is 0.294 e. The van der Waals surface area contributed by atoms with Crippen molar-refractivity contribution in [2.45, 2.75) is 37.0 Å². The summed E-state index contributed by atoms with van der Waals surface area (Å²) in [5, 5.41) is 3.12. The van der Waals surface area contributed by atoms with Gasteiger partial charge < -0.3 is 14.8 Å². The maximum Gasteiger partial charge on any atom is 0.294 e. The van der Waals surface area contributed by atoms with Crippen LogP contribution in [0.2, 0.25) is 0 Å². The van der Waals surface area contributed by atoms with Crippen molar-refractivity contribution in [2.24, 2.45) is 0 Å². The van der Waals surface area contributed by atoms with Crippen molar-refractivity contribution in [1.29, 1.82) is 0 Å². The van der Waals surface area contributed by atoms with Gasteiger partial charge in [-0.15, -0.1) is 12.6 Å². The van der Waals surface area contributed by atoms with E-state index in [4.69, 9.17) is 9.47 Å². The van der Waals surface area contributed by atoms with Gasteiger partial charge in [-0.2, -0.15) is 0 Å². The minimum absolute atomic E-state index is 0.204. The van der Waals surface area contributed by atoms with Gasteiger partial charge in [0, 0.05) is 17.0 Å². The molecular formula is C20H23NO4S2. The molecule has 1 atom stereocenters. The van der Waals surface area contributed by atoms with E-state index >= 15 is 0 Å². The summed E-state index contributed by atoms with van der Waals surface area (Å²) < 4.78 is 10.8. The van der Waals surface area contributed by atoms with Gasteiger partial charge in [0.2, 0.25) is 5.12 Å². The highest BCUT2D eigenvalue weighted by molar-refractivity contribution is 8.14. The first-order valence-corrected chi connectivity index (χ1v) is 10.0. The molecule has 0 aliphatic heterocycles. The van der Waals surface area contributed by atoms with Crippen molar-refractivity contribution in [2.75, 3.05) is 11.9 Å². The average Bonchev–Trinajstić information content (AvgIpc) is 2.65. The Kier molecular flexibility index (Phi) is 8.54. The van der Waals surface area contributed by atoms with E-state index in [1.807, 2.05) is 30.3 Å². The van der Waals surface area contributed by atoms with Gasteiger partial charge in [-0.05, 0) is 49.4 Å². The number of thioether (sulfide) groups is 1. The van der Waals surface area contributed by atoms with E-state index < -0.39 is 5.44 Å². The van der Waals surface area contributed by atoms with Gasteiger partial charge >= 0.3 is 0 Å². The Morgan fingerprint density at radius 2 is 2.04 bits per heavy atom. The van der Waals surface area contributed by atoms with Crippen LogP contribution in [0.25, 0.3) is 0 Å². The molecule has 144 valence electrons. The average molecular weight is 406 g/mol. The summed E-state index contributed by atoms with van der Waals surface area (Å²) in [5.41, 5.74) is 0.605. The molecule has 0 aliphatic carbocycles. The first kappa shape index (κ1) is 21.2. The minimum Gasteiger partial charge on any atom is -0.454 e. The molecule has 0 saturated heterocycles. The van der Waals surface area contributed by atoms with Crippen LogP contribution in [0.4, 0.5) is 5.69 Å². The summed E-state index contributed by atoms with van der Waals surface area (Å²) >= 11 is 5.46. The Morgan fingerprint density at radius 3 is 2.70 bits per heavy atom. The van der Waals surface area contributed by atoms with Crippen molar-refractivity contribution >= 4 is 41.7 Å². The monoisotopic (exact) mass is 405 g/mol. The van der Waals surface area contributed by atoms with Crippen molar-refractivity contribution in [1.82, 2.24) is 0 Å². The predicted octanol–water partition coefficient (Wildman–Crippen LogP) is 5.37. The number of anilines is 1. The molecule has 5 nitrogen and oxygen atoms in total. The first-order valence-electron chi connectivity index (χ1n) is 8.69. The third-order valence-corrected chi connectivity index (χ3v) is 4.86. The number of carbonyl (C=O) groups excluding carboxylic acids is 2. The molecule has 7 heteroatoms. The topological polar surface area (TPSA) is 64.6 Å². The molecule has 0 aliphatic rings. The van der Waals surface area contributed by atoms with Gasteiger partial charge in [-0.1, -0.05) is 31.5 Å². The third-order valence-electron chi connectivity index (χ3n) is 3.63. The van der Waals surface area contributed by atoms with Gasteiger partial charge in [-0.25, -0.2) is 0 Å². The first-order chi connectivity index (χ1) is 13.0. The van der Waals surface area contributed by atoms with E-state index in [-0.39, 0.29) is 5.12 Å². The number of nitrogens with one attached hydrogen (secondary N) is 1. The molecule has 0 bridgehead atoms. The summed E-state index contributed by atoms with van der Waals surface area (Å²) in [6.07, 6.45) is 2.04. The fourth-order valence-corrected chi connectivity index (χ4v) is 3.26. The number of rotatable bonds is 10. The zero-order valence-corrected chi connectivity index (χ0v) is 17.0. The Morgan fingerprint density at radius 1 is 1.30 bits per heavy atom. The van der Waals surface area contributed by atoms with Crippen molar-refractivity contribution in [3.05, 3.63) is 48.0 Å². The van der Waals surface area contributed by atoms with Gasteiger partial charge in [0.05, 0.1) is 5.69 Å². The lowest BCUT2D eigenvalue weighted by atomic mass is 10.2. The van der Waals surface area contributed by atoms with Crippen LogP contribution in [0.1, 0.15) is 37.0 Å². The van der Waals surface area contributed by atoms with Crippen LogP contribution in [0, 0.1) is 0 Å². The van der Waals surface area contributed by atoms with Crippen LogP contribution in [0.3, 0.4) is 0 Å². The van der Waals surface area contributed by atoms with Crippen LogP contribution in [-0.4, -0.2) is 23.6 Å². The van der Waals surface area contributed by atoms with E-state index in [9.17, 15) is 9.59 Å². The Bertz CT molecular complexity index is 768. The summed E-state index contributed by atoms with van der Waals surface area (Å²) in [6, 6.07) is 12.8. The number of thiol groups is 1. The normalized spacial score (nSPS) is 11.5. The van der Waals surface area contributed by atoms with Gasteiger partial charge in [0.25, 0.3) is 6.47 Å². The number of unbranched alkanes of at least 4 members (excludes halogenated alkanes) is 1. The Labute approximate surface area is 169 Å². The highest BCUT2D eigenvalue weighted by Crippen LogP contribution is 2.38. The molecular weight excluding hydrogens is 382 g/mol. The second-order valence-electron chi connectivity index (χ2n) is 5.77.